The Kier molecular flexibility index (Phi) is 4.34. The number of rotatable bonds is 3. The van der Waals surface area contributed by atoms with Crippen molar-refractivity contribution in [1.82, 2.24) is 0 Å². The molecule has 0 atom stereocenters. The van der Waals surface area contributed by atoms with Crippen molar-refractivity contribution in [3.8, 4) is 11.5 Å². The number of benzene rings is 2. The molecule has 6 heteroatoms. The summed E-state index contributed by atoms with van der Waals surface area (Å²) in [6.45, 7) is 0. The van der Waals surface area contributed by atoms with Gasteiger partial charge in [-0.1, -0.05) is 39.1 Å². The Morgan fingerprint density at radius 2 is 1.89 bits per heavy atom. The molecule has 0 heterocycles. The lowest BCUT2D eigenvalue weighted by molar-refractivity contribution is 0.0696. The Balaban J connectivity index is 2.38. The van der Waals surface area contributed by atoms with Gasteiger partial charge in [0, 0.05) is 15.6 Å². The normalized spacial score (nSPS) is 10.3. The van der Waals surface area contributed by atoms with Crippen LogP contribution in [0.1, 0.15) is 10.4 Å². The zero-order valence-electron chi connectivity index (χ0n) is 9.36. The summed E-state index contributed by atoms with van der Waals surface area (Å²) in [6.07, 6.45) is 0. The molecular weight excluding hydrogens is 355 g/mol. The molecule has 1 N–H and O–H groups in total. The highest BCUT2D eigenvalue weighted by Gasteiger charge is 2.09. The van der Waals surface area contributed by atoms with Gasteiger partial charge >= 0.3 is 5.97 Å². The van der Waals surface area contributed by atoms with Crippen molar-refractivity contribution in [2.75, 3.05) is 0 Å². The SMILES string of the molecule is O=C(O)c1cc(Br)cc(Oc2cc(Cl)ccc2Cl)c1. The van der Waals surface area contributed by atoms with Crippen molar-refractivity contribution >= 4 is 45.1 Å². The van der Waals surface area contributed by atoms with E-state index in [9.17, 15) is 4.79 Å². The third-order valence-electron chi connectivity index (χ3n) is 2.24. The molecule has 0 aromatic heterocycles. The van der Waals surface area contributed by atoms with Crippen LogP contribution in [0.15, 0.2) is 40.9 Å². The summed E-state index contributed by atoms with van der Waals surface area (Å²) in [7, 11) is 0. The molecule has 0 aliphatic rings. The topological polar surface area (TPSA) is 46.5 Å². The highest BCUT2D eigenvalue weighted by molar-refractivity contribution is 9.10. The van der Waals surface area contributed by atoms with Gasteiger partial charge in [0.2, 0.25) is 0 Å². The van der Waals surface area contributed by atoms with Gasteiger partial charge in [0.1, 0.15) is 11.5 Å². The fourth-order valence-corrected chi connectivity index (χ4v) is 2.22. The van der Waals surface area contributed by atoms with E-state index in [0.29, 0.717) is 26.0 Å². The van der Waals surface area contributed by atoms with Crippen LogP contribution in [0.2, 0.25) is 10.0 Å². The average Bonchev–Trinajstić information content (AvgIpc) is 2.33. The van der Waals surface area contributed by atoms with E-state index in [1.165, 1.54) is 12.1 Å². The molecule has 0 unspecified atom stereocenters. The zero-order valence-corrected chi connectivity index (χ0v) is 12.5. The molecule has 19 heavy (non-hydrogen) atoms. The van der Waals surface area contributed by atoms with Crippen LogP contribution in [0.4, 0.5) is 0 Å². The lowest BCUT2D eigenvalue weighted by Gasteiger charge is -2.09. The van der Waals surface area contributed by atoms with Gasteiger partial charge in [-0.2, -0.15) is 0 Å². The van der Waals surface area contributed by atoms with Crippen LogP contribution in [0, 0.1) is 0 Å². The Hall–Kier alpha value is -1.23. The van der Waals surface area contributed by atoms with Crippen molar-refractivity contribution in [2.45, 2.75) is 0 Å². The minimum atomic E-state index is -1.04. The van der Waals surface area contributed by atoms with Crippen molar-refractivity contribution in [3.05, 3.63) is 56.5 Å². The Morgan fingerprint density at radius 3 is 2.58 bits per heavy atom. The van der Waals surface area contributed by atoms with Crippen LogP contribution < -0.4 is 4.74 Å². The zero-order chi connectivity index (χ0) is 14.0. The van der Waals surface area contributed by atoms with E-state index in [1.807, 2.05) is 0 Å². The smallest absolute Gasteiger partial charge is 0.335 e. The van der Waals surface area contributed by atoms with Crippen LogP contribution in [-0.2, 0) is 0 Å². The van der Waals surface area contributed by atoms with Crippen LogP contribution in [0.25, 0.3) is 0 Å². The predicted molar refractivity (Wildman–Crippen MR) is 77.6 cm³/mol. The number of ether oxygens (including phenoxy) is 1. The third kappa shape index (κ3) is 3.62. The minimum Gasteiger partial charge on any atom is -0.478 e. The average molecular weight is 362 g/mol. The molecule has 0 bridgehead atoms. The number of halogens is 3. The second kappa shape index (κ2) is 5.82. The maximum Gasteiger partial charge on any atom is 0.335 e. The van der Waals surface area contributed by atoms with Crippen molar-refractivity contribution in [2.24, 2.45) is 0 Å². The van der Waals surface area contributed by atoms with E-state index >= 15 is 0 Å². The summed E-state index contributed by atoms with van der Waals surface area (Å²) in [5, 5.41) is 9.84. The number of carboxylic acids is 1. The molecule has 98 valence electrons. The molecule has 0 saturated heterocycles. The maximum absolute atomic E-state index is 11.0. The predicted octanol–water partition coefficient (Wildman–Crippen LogP) is 5.25. The quantitative estimate of drug-likeness (QED) is 0.812. The van der Waals surface area contributed by atoms with Gasteiger partial charge in [0.25, 0.3) is 0 Å². The van der Waals surface area contributed by atoms with Gasteiger partial charge in [0.15, 0.2) is 0 Å². The first-order valence-corrected chi connectivity index (χ1v) is 6.67. The lowest BCUT2D eigenvalue weighted by Crippen LogP contribution is -1.97. The standard InChI is InChI=1S/C13H7BrCl2O3/c14-8-3-7(13(17)18)4-10(5-8)19-12-6-9(15)1-2-11(12)16/h1-6H,(H,17,18). The van der Waals surface area contributed by atoms with E-state index in [2.05, 4.69) is 15.9 Å². The Morgan fingerprint density at radius 1 is 1.16 bits per heavy atom. The molecule has 0 aliphatic heterocycles. The van der Waals surface area contributed by atoms with Gasteiger partial charge in [-0.15, -0.1) is 0 Å². The van der Waals surface area contributed by atoms with Gasteiger partial charge < -0.3 is 9.84 Å². The molecule has 0 fully saturated rings. The largest absolute Gasteiger partial charge is 0.478 e. The maximum atomic E-state index is 11.0. The van der Waals surface area contributed by atoms with Gasteiger partial charge in [-0.3, -0.25) is 0 Å². The molecule has 3 nitrogen and oxygen atoms in total. The molecule has 0 saturated carbocycles. The number of aromatic carboxylic acids is 1. The second-order valence-corrected chi connectivity index (χ2v) is 5.42. The molecule has 2 aromatic carbocycles. The van der Waals surface area contributed by atoms with E-state index < -0.39 is 5.97 Å². The van der Waals surface area contributed by atoms with Crippen molar-refractivity contribution < 1.29 is 14.6 Å². The first-order chi connectivity index (χ1) is 8.95. The van der Waals surface area contributed by atoms with Crippen LogP contribution >= 0.6 is 39.1 Å². The van der Waals surface area contributed by atoms with Crippen LogP contribution in [0.5, 0.6) is 11.5 Å². The molecular formula is C13H7BrCl2O3. The Bertz CT molecular complexity index is 644. The summed E-state index contributed by atoms with van der Waals surface area (Å²) in [6, 6.07) is 9.34. The van der Waals surface area contributed by atoms with Crippen LogP contribution in [0.3, 0.4) is 0 Å². The van der Waals surface area contributed by atoms with Gasteiger partial charge in [-0.05, 0) is 30.3 Å². The summed E-state index contributed by atoms with van der Waals surface area (Å²) in [4.78, 5) is 11.0. The summed E-state index contributed by atoms with van der Waals surface area (Å²) in [5.74, 6) is -0.317. The van der Waals surface area contributed by atoms with Gasteiger partial charge in [-0.25, -0.2) is 4.79 Å². The summed E-state index contributed by atoms with van der Waals surface area (Å²) < 4.78 is 6.15. The molecule has 0 aliphatic carbocycles. The highest BCUT2D eigenvalue weighted by atomic mass is 79.9. The number of carbonyl (C=O) groups is 1. The number of carboxylic acid groups (broad SMARTS) is 1. The number of hydrogen-bond donors (Lipinski definition) is 1. The molecule has 0 radical (unpaired) electrons. The summed E-state index contributed by atoms with van der Waals surface area (Å²) in [5.41, 5.74) is 0.113. The third-order valence-corrected chi connectivity index (χ3v) is 3.24. The van der Waals surface area contributed by atoms with E-state index in [0.717, 1.165) is 0 Å². The molecule has 2 aromatic rings. The van der Waals surface area contributed by atoms with Crippen molar-refractivity contribution in [1.29, 1.82) is 0 Å². The molecule has 0 spiro atoms. The van der Waals surface area contributed by atoms with Crippen LogP contribution in [-0.4, -0.2) is 11.1 Å². The monoisotopic (exact) mass is 360 g/mol. The fourth-order valence-electron chi connectivity index (χ4n) is 1.43. The highest BCUT2D eigenvalue weighted by Crippen LogP contribution is 2.33. The summed E-state index contributed by atoms with van der Waals surface area (Å²) >= 11 is 15.1. The first-order valence-electron chi connectivity index (χ1n) is 5.12. The van der Waals surface area contributed by atoms with E-state index in [-0.39, 0.29) is 5.56 Å². The van der Waals surface area contributed by atoms with E-state index in [1.54, 1.807) is 24.3 Å². The van der Waals surface area contributed by atoms with Gasteiger partial charge in [0.05, 0.1) is 10.6 Å². The Labute approximate surface area is 127 Å². The van der Waals surface area contributed by atoms with Crippen molar-refractivity contribution in [3.63, 3.8) is 0 Å². The first kappa shape index (κ1) is 14.2. The number of hydrogen-bond acceptors (Lipinski definition) is 2. The lowest BCUT2D eigenvalue weighted by atomic mass is 10.2. The molecule has 2 rings (SSSR count). The second-order valence-electron chi connectivity index (χ2n) is 3.66. The molecule has 0 amide bonds. The fraction of sp³-hybridized carbons (Fsp3) is 0. The van der Waals surface area contributed by atoms with E-state index in [4.69, 9.17) is 33.0 Å². The minimum absolute atomic E-state index is 0.113.